The Bertz CT molecular complexity index is 964. The summed E-state index contributed by atoms with van der Waals surface area (Å²) in [5, 5.41) is 14.7. The lowest BCUT2D eigenvalue weighted by Crippen LogP contribution is -2.16. The monoisotopic (exact) mass is 346 g/mol. The van der Waals surface area contributed by atoms with Gasteiger partial charge in [0.15, 0.2) is 0 Å². The highest BCUT2D eigenvalue weighted by Gasteiger charge is 2.08. The molecule has 2 N–H and O–H groups in total. The number of carbonyl (C=O) groups is 1. The molecule has 0 aliphatic rings. The molecule has 0 spiro atoms. The van der Waals surface area contributed by atoms with Crippen LogP contribution >= 0.6 is 0 Å². The van der Waals surface area contributed by atoms with E-state index in [2.05, 4.69) is 21.7 Å². The van der Waals surface area contributed by atoms with Crippen molar-refractivity contribution in [1.29, 1.82) is 5.26 Å². The Kier molecular flexibility index (Phi) is 5.20. The number of nitriles is 1. The van der Waals surface area contributed by atoms with Gasteiger partial charge in [-0.15, -0.1) is 0 Å². The first kappa shape index (κ1) is 17.1. The van der Waals surface area contributed by atoms with E-state index in [1.807, 2.05) is 6.07 Å². The van der Waals surface area contributed by atoms with Gasteiger partial charge in [-0.3, -0.25) is 4.79 Å². The molecule has 0 bridgehead atoms. The maximum absolute atomic E-state index is 13.6. The van der Waals surface area contributed by atoms with Crippen LogP contribution in [0.2, 0.25) is 0 Å². The molecule has 2 aromatic carbocycles. The Balaban J connectivity index is 1.61. The van der Waals surface area contributed by atoms with Crippen LogP contribution in [0.4, 0.5) is 21.6 Å². The van der Waals surface area contributed by atoms with Gasteiger partial charge < -0.3 is 10.6 Å². The van der Waals surface area contributed by atoms with Gasteiger partial charge >= 0.3 is 0 Å². The standard InChI is InChI=1S/C20H15FN4O/c21-18-7-2-1-5-15(18)11-20(26)25-19-9-8-17(13-23-19)24-16-6-3-4-14(10-16)12-22/h1-10,13,24H,11H2,(H,23,25,26). The summed E-state index contributed by atoms with van der Waals surface area (Å²) in [5.74, 6) is -0.373. The highest BCUT2D eigenvalue weighted by molar-refractivity contribution is 5.91. The Hall–Kier alpha value is -3.72. The predicted octanol–water partition coefficient (Wildman–Crippen LogP) is 4.02. The quantitative estimate of drug-likeness (QED) is 0.731. The van der Waals surface area contributed by atoms with E-state index in [1.165, 1.54) is 6.07 Å². The van der Waals surface area contributed by atoms with Crippen molar-refractivity contribution >= 4 is 23.1 Å². The summed E-state index contributed by atoms with van der Waals surface area (Å²) in [6.07, 6.45) is 1.51. The van der Waals surface area contributed by atoms with Gasteiger partial charge in [0.1, 0.15) is 11.6 Å². The van der Waals surface area contributed by atoms with Crippen molar-refractivity contribution < 1.29 is 9.18 Å². The minimum atomic E-state index is -0.408. The molecule has 1 heterocycles. The van der Waals surface area contributed by atoms with Crippen molar-refractivity contribution in [2.24, 2.45) is 0 Å². The van der Waals surface area contributed by atoms with Gasteiger partial charge in [-0.1, -0.05) is 24.3 Å². The van der Waals surface area contributed by atoms with E-state index in [-0.39, 0.29) is 12.3 Å². The number of rotatable bonds is 5. The molecule has 26 heavy (non-hydrogen) atoms. The zero-order chi connectivity index (χ0) is 18.4. The molecule has 1 amide bonds. The Morgan fingerprint density at radius 2 is 1.92 bits per heavy atom. The van der Waals surface area contributed by atoms with Crippen molar-refractivity contribution in [3.05, 3.63) is 83.8 Å². The molecule has 5 nitrogen and oxygen atoms in total. The van der Waals surface area contributed by atoms with Crippen LogP contribution < -0.4 is 10.6 Å². The van der Waals surface area contributed by atoms with Gasteiger partial charge in [0.05, 0.1) is 29.9 Å². The van der Waals surface area contributed by atoms with Crippen LogP contribution in [0.3, 0.4) is 0 Å². The zero-order valence-electron chi connectivity index (χ0n) is 13.7. The summed E-state index contributed by atoms with van der Waals surface area (Å²) in [7, 11) is 0. The molecule has 0 saturated carbocycles. The number of amides is 1. The van der Waals surface area contributed by atoms with Gasteiger partial charge in [-0.2, -0.15) is 5.26 Å². The lowest BCUT2D eigenvalue weighted by molar-refractivity contribution is -0.115. The third kappa shape index (κ3) is 4.42. The summed E-state index contributed by atoms with van der Waals surface area (Å²) < 4.78 is 13.6. The van der Waals surface area contributed by atoms with Crippen LogP contribution in [0, 0.1) is 17.1 Å². The highest BCUT2D eigenvalue weighted by atomic mass is 19.1. The third-order valence-corrected chi connectivity index (χ3v) is 3.62. The van der Waals surface area contributed by atoms with Gasteiger partial charge in [0.2, 0.25) is 5.91 Å². The number of aromatic nitrogens is 1. The van der Waals surface area contributed by atoms with Crippen LogP contribution in [-0.4, -0.2) is 10.9 Å². The first-order valence-electron chi connectivity index (χ1n) is 7.90. The third-order valence-electron chi connectivity index (χ3n) is 3.62. The number of anilines is 3. The first-order chi connectivity index (χ1) is 12.6. The molecule has 3 rings (SSSR count). The van der Waals surface area contributed by atoms with Crippen LogP contribution in [0.25, 0.3) is 0 Å². The molecule has 0 aliphatic heterocycles. The Morgan fingerprint density at radius 3 is 2.65 bits per heavy atom. The fourth-order valence-corrected chi connectivity index (χ4v) is 2.38. The van der Waals surface area contributed by atoms with Crippen LogP contribution in [-0.2, 0) is 11.2 Å². The second-order valence-corrected chi connectivity index (χ2v) is 5.57. The normalized spacial score (nSPS) is 10.0. The maximum Gasteiger partial charge on any atom is 0.230 e. The average molecular weight is 346 g/mol. The van der Waals surface area contributed by atoms with E-state index in [1.54, 1.807) is 54.7 Å². The summed E-state index contributed by atoms with van der Waals surface area (Å²) in [6, 6.07) is 18.7. The van der Waals surface area contributed by atoms with Crippen LogP contribution in [0.15, 0.2) is 66.9 Å². The first-order valence-corrected chi connectivity index (χ1v) is 7.90. The number of hydrogen-bond donors (Lipinski definition) is 2. The van der Waals surface area contributed by atoms with Crippen molar-refractivity contribution in [2.45, 2.75) is 6.42 Å². The molecule has 1 aromatic heterocycles. The number of halogens is 1. The smallest absolute Gasteiger partial charge is 0.230 e. The number of carbonyl (C=O) groups excluding carboxylic acids is 1. The maximum atomic E-state index is 13.6. The zero-order valence-corrected chi connectivity index (χ0v) is 13.7. The average Bonchev–Trinajstić information content (AvgIpc) is 2.65. The molecule has 0 aliphatic carbocycles. The SMILES string of the molecule is N#Cc1cccc(Nc2ccc(NC(=O)Cc3ccccc3F)nc2)c1. The van der Waals surface area contributed by atoms with Crippen LogP contribution in [0.5, 0.6) is 0 Å². The van der Waals surface area contributed by atoms with Gasteiger partial charge in [0.25, 0.3) is 0 Å². The molecule has 0 saturated heterocycles. The van der Waals surface area contributed by atoms with Gasteiger partial charge in [-0.05, 0) is 42.0 Å². The van der Waals surface area contributed by atoms with Crippen molar-refractivity contribution in [1.82, 2.24) is 4.98 Å². The summed E-state index contributed by atoms with van der Waals surface area (Å²) in [4.78, 5) is 16.2. The Morgan fingerprint density at radius 1 is 1.08 bits per heavy atom. The number of nitrogens with one attached hydrogen (secondary N) is 2. The van der Waals surface area contributed by atoms with E-state index in [4.69, 9.17) is 5.26 Å². The largest absolute Gasteiger partial charge is 0.354 e. The fraction of sp³-hybridized carbons (Fsp3) is 0.0500. The molecule has 3 aromatic rings. The van der Waals surface area contributed by atoms with E-state index in [9.17, 15) is 9.18 Å². The van der Waals surface area contributed by atoms with Gasteiger partial charge in [0, 0.05) is 5.69 Å². The lowest BCUT2D eigenvalue weighted by Gasteiger charge is -2.08. The molecule has 0 atom stereocenters. The lowest BCUT2D eigenvalue weighted by atomic mass is 10.1. The molecule has 128 valence electrons. The summed E-state index contributed by atoms with van der Waals surface area (Å²) >= 11 is 0. The molecule has 6 heteroatoms. The number of benzene rings is 2. The summed E-state index contributed by atoms with van der Waals surface area (Å²) in [6.45, 7) is 0. The predicted molar refractivity (Wildman–Crippen MR) is 97.4 cm³/mol. The van der Waals surface area contributed by atoms with E-state index in [0.717, 1.165) is 5.69 Å². The van der Waals surface area contributed by atoms with E-state index in [0.29, 0.717) is 22.6 Å². The van der Waals surface area contributed by atoms with Crippen molar-refractivity contribution in [3.8, 4) is 6.07 Å². The van der Waals surface area contributed by atoms with Crippen molar-refractivity contribution in [3.63, 3.8) is 0 Å². The molecular formula is C20H15FN4O. The minimum Gasteiger partial charge on any atom is -0.354 e. The topological polar surface area (TPSA) is 77.8 Å². The van der Waals surface area contributed by atoms with Crippen molar-refractivity contribution in [2.75, 3.05) is 10.6 Å². The second kappa shape index (κ2) is 7.90. The highest BCUT2D eigenvalue weighted by Crippen LogP contribution is 2.18. The van der Waals surface area contributed by atoms with E-state index >= 15 is 0 Å². The Labute approximate surface area is 150 Å². The second-order valence-electron chi connectivity index (χ2n) is 5.57. The van der Waals surface area contributed by atoms with Crippen LogP contribution in [0.1, 0.15) is 11.1 Å². The molecular weight excluding hydrogens is 331 g/mol. The van der Waals surface area contributed by atoms with Gasteiger partial charge in [-0.25, -0.2) is 9.37 Å². The molecule has 0 radical (unpaired) electrons. The minimum absolute atomic E-state index is 0.0602. The number of hydrogen-bond acceptors (Lipinski definition) is 4. The summed E-state index contributed by atoms with van der Waals surface area (Å²) in [5.41, 5.74) is 2.37. The van der Waals surface area contributed by atoms with E-state index < -0.39 is 5.82 Å². The molecule has 0 unspecified atom stereocenters. The number of pyridine rings is 1. The molecule has 0 fully saturated rings. The fourth-order valence-electron chi connectivity index (χ4n) is 2.38. The number of nitrogens with zero attached hydrogens (tertiary/aromatic N) is 2.